The maximum absolute atomic E-state index is 10.5. The minimum Gasteiger partial charge on any atom is -0.294 e. The van der Waals surface area contributed by atoms with Crippen LogP contribution in [0.2, 0.25) is 0 Å². The van der Waals surface area contributed by atoms with E-state index in [1.54, 1.807) is 6.08 Å². The zero-order valence-electron chi connectivity index (χ0n) is 6.48. The Balaban J connectivity index is 3.58. The van der Waals surface area contributed by atoms with Gasteiger partial charge in [-0.3, -0.25) is 4.79 Å². The summed E-state index contributed by atoms with van der Waals surface area (Å²) in [5.74, 6) is -0.0437. The Hall–Kier alpha value is -0.300. The van der Waals surface area contributed by atoms with Gasteiger partial charge < -0.3 is 0 Å². The Morgan fingerprint density at radius 2 is 2.20 bits per heavy atom. The molecule has 0 atom stereocenters. The van der Waals surface area contributed by atoms with Crippen LogP contribution in [-0.2, 0) is 4.79 Å². The van der Waals surface area contributed by atoms with Crippen LogP contribution in [0.4, 0.5) is 0 Å². The molecule has 0 N–H and O–H groups in total. The van der Waals surface area contributed by atoms with E-state index in [9.17, 15) is 4.79 Å². The third-order valence-electron chi connectivity index (χ3n) is 1.22. The largest absolute Gasteiger partial charge is 0.294 e. The molecule has 0 aromatic rings. The number of hydrogen-bond acceptors (Lipinski definition) is 1. The summed E-state index contributed by atoms with van der Waals surface area (Å²) in [6.45, 7) is 3.58. The van der Waals surface area contributed by atoms with Crippen molar-refractivity contribution in [2.75, 3.05) is 0 Å². The number of ketones is 1. The van der Waals surface area contributed by atoms with E-state index in [0.717, 1.165) is 19.3 Å². The van der Waals surface area contributed by atoms with Crippen LogP contribution >= 0.6 is 11.6 Å². The summed E-state index contributed by atoms with van der Waals surface area (Å²) >= 11 is 5.56. The van der Waals surface area contributed by atoms with Gasteiger partial charge in [0.25, 0.3) is 0 Å². The average Bonchev–Trinajstić information content (AvgIpc) is 1.88. The zero-order valence-corrected chi connectivity index (χ0v) is 7.24. The van der Waals surface area contributed by atoms with Crippen LogP contribution < -0.4 is 0 Å². The quantitative estimate of drug-likeness (QED) is 0.457. The molecule has 0 aliphatic heterocycles. The van der Waals surface area contributed by atoms with E-state index in [4.69, 9.17) is 11.6 Å². The summed E-state index contributed by atoms with van der Waals surface area (Å²) in [5.41, 5.74) is 0. The van der Waals surface area contributed by atoms with Crippen LogP contribution in [0, 0.1) is 0 Å². The smallest absolute Gasteiger partial charge is 0.170 e. The Kier molecular flexibility index (Phi) is 5.32. The third-order valence-corrected chi connectivity index (χ3v) is 1.64. The van der Waals surface area contributed by atoms with Crippen molar-refractivity contribution in [2.45, 2.75) is 33.1 Å². The van der Waals surface area contributed by atoms with Gasteiger partial charge in [-0.2, -0.15) is 0 Å². The molecule has 0 aliphatic carbocycles. The second-order valence-electron chi connectivity index (χ2n) is 2.25. The van der Waals surface area contributed by atoms with Crippen LogP contribution in [0.15, 0.2) is 11.1 Å². The summed E-state index contributed by atoms with van der Waals surface area (Å²) in [4.78, 5) is 10.5. The lowest BCUT2D eigenvalue weighted by atomic mass is 10.2. The Bertz CT molecular complexity index is 138. The van der Waals surface area contributed by atoms with Crippen molar-refractivity contribution < 1.29 is 4.79 Å². The van der Waals surface area contributed by atoms with Crippen molar-refractivity contribution in [1.82, 2.24) is 0 Å². The van der Waals surface area contributed by atoms with Crippen molar-refractivity contribution in [3.05, 3.63) is 11.1 Å². The molecule has 0 aromatic heterocycles. The first-order valence-electron chi connectivity index (χ1n) is 3.55. The molecule has 0 heterocycles. The molecule has 0 radical (unpaired) electrons. The van der Waals surface area contributed by atoms with Crippen molar-refractivity contribution in [3.8, 4) is 0 Å². The van der Waals surface area contributed by atoms with E-state index < -0.39 is 0 Å². The molecule has 2 heteroatoms. The molecule has 0 unspecified atom stereocenters. The summed E-state index contributed by atoms with van der Waals surface area (Å²) in [5, 5.41) is 0.369. The maximum atomic E-state index is 10.5. The molecule has 0 saturated heterocycles. The van der Waals surface area contributed by atoms with Crippen LogP contribution in [-0.4, -0.2) is 5.78 Å². The molecule has 0 spiro atoms. The Morgan fingerprint density at radius 1 is 1.60 bits per heavy atom. The van der Waals surface area contributed by atoms with Gasteiger partial charge in [0, 0.05) is 6.92 Å². The van der Waals surface area contributed by atoms with Gasteiger partial charge in [0.15, 0.2) is 5.78 Å². The van der Waals surface area contributed by atoms with E-state index >= 15 is 0 Å². The molecule has 0 saturated carbocycles. The number of Topliss-reactive ketones (excluding diaryl/α,β-unsaturated/α-hetero) is 1. The van der Waals surface area contributed by atoms with Crippen molar-refractivity contribution in [3.63, 3.8) is 0 Å². The molecule has 0 rings (SSSR count). The second-order valence-corrected chi connectivity index (χ2v) is 2.66. The summed E-state index contributed by atoms with van der Waals surface area (Å²) in [6.07, 6.45) is 4.93. The molecule has 0 bridgehead atoms. The van der Waals surface area contributed by atoms with Crippen LogP contribution in [0.1, 0.15) is 33.1 Å². The zero-order chi connectivity index (χ0) is 7.98. The van der Waals surface area contributed by atoms with Gasteiger partial charge in [0.1, 0.15) is 0 Å². The number of carbonyl (C=O) groups excluding carboxylic acids is 1. The number of allylic oxidation sites excluding steroid dienone is 2. The van der Waals surface area contributed by atoms with Gasteiger partial charge in [-0.1, -0.05) is 37.4 Å². The first-order chi connectivity index (χ1) is 4.68. The number of carbonyl (C=O) groups is 1. The molecule has 1 nitrogen and oxygen atoms in total. The van der Waals surface area contributed by atoms with Gasteiger partial charge >= 0.3 is 0 Å². The number of halogens is 1. The van der Waals surface area contributed by atoms with E-state index in [-0.39, 0.29) is 5.78 Å². The van der Waals surface area contributed by atoms with Crippen molar-refractivity contribution in [1.29, 1.82) is 0 Å². The molecule has 10 heavy (non-hydrogen) atoms. The standard InChI is InChI=1S/C8H13ClO/c1-3-4-5-6-8(9)7(2)10/h6H,3-5H2,1-2H3. The lowest BCUT2D eigenvalue weighted by Crippen LogP contribution is -1.87. The highest BCUT2D eigenvalue weighted by atomic mass is 35.5. The first kappa shape index (κ1) is 9.70. The summed E-state index contributed by atoms with van der Waals surface area (Å²) in [7, 11) is 0. The SMILES string of the molecule is CCCCC=C(Cl)C(C)=O. The maximum Gasteiger partial charge on any atom is 0.170 e. The lowest BCUT2D eigenvalue weighted by Gasteiger charge is -1.90. The van der Waals surface area contributed by atoms with Gasteiger partial charge in [0.05, 0.1) is 5.03 Å². The highest BCUT2D eigenvalue weighted by Gasteiger charge is 1.95. The van der Waals surface area contributed by atoms with Gasteiger partial charge in [0.2, 0.25) is 0 Å². The van der Waals surface area contributed by atoms with Crippen molar-refractivity contribution >= 4 is 17.4 Å². The van der Waals surface area contributed by atoms with Gasteiger partial charge in [-0.25, -0.2) is 0 Å². The normalized spacial score (nSPS) is 11.7. The number of rotatable bonds is 4. The predicted octanol–water partition coefficient (Wildman–Crippen LogP) is 2.89. The van der Waals surface area contributed by atoms with E-state index in [2.05, 4.69) is 6.92 Å². The van der Waals surface area contributed by atoms with Crippen molar-refractivity contribution in [2.24, 2.45) is 0 Å². The third kappa shape index (κ3) is 4.57. The van der Waals surface area contributed by atoms with E-state index in [0.29, 0.717) is 5.03 Å². The molecule has 0 amide bonds. The topological polar surface area (TPSA) is 17.1 Å². The molecule has 58 valence electrons. The van der Waals surface area contributed by atoms with Crippen LogP contribution in [0.25, 0.3) is 0 Å². The molecule has 0 aliphatic rings. The van der Waals surface area contributed by atoms with Gasteiger partial charge in [-0.05, 0) is 6.42 Å². The highest BCUT2D eigenvalue weighted by Crippen LogP contribution is 2.06. The van der Waals surface area contributed by atoms with Crippen LogP contribution in [0.5, 0.6) is 0 Å². The Morgan fingerprint density at radius 3 is 2.60 bits per heavy atom. The summed E-state index contributed by atoms with van der Waals surface area (Å²) < 4.78 is 0. The molecular weight excluding hydrogens is 148 g/mol. The monoisotopic (exact) mass is 160 g/mol. The minimum atomic E-state index is -0.0437. The fraction of sp³-hybridized carbons (Fsp3) is 0.625. The highest BCUT2D eigenvalue weighted by molar-refractivity contribution is 6.42. The first-order valence-corrected chi connectivity index (χ1v) is 3.93. The van der Waals surface area contributed by atoms with E-state index in [1.165, 1.54) is 6.92 Å². The molecule has 0 fully saturated rings. The number of hydrogen-bond donors (Lipinski definition) is 0. The predicted molar refractivity (Wildman–Crippen MR) is 44.1 cm³/mol. The average molecular weight is 161 g/mol. The van der Waals surface area contributed by atoms with Gasteiger partial charge in [-0.15, -0.1) is 0 Å². The molecule has 0 aromatic carbocycles. The second kappa shape index (κ2) is 5.48. The van der Waals surface area contributed by atoms with E-state index in [1.807, 2.05) is 0 Å². The fourth-order valence-electron chi connectivity index (χ4n) is 0.577. The fourth-order valence-corrected chi connectivity index (χ4v) is 0.686. The van der Waals surface area contributed by atoms with Crippen LogP contribution in [0.3, 0.4) is 0 Å². The number of unbranched alkanes of at least 4 members (excludes halogenated alkanes) is 2. The minimum absolute atomic E-state index is 0.0437. The Labute approximate surface area is 67.1 Å². The summed E-state index contributed by atoms with van der Waals surface area (Å²) in [6, 6.07) is 0. The lowest BCUT2D eigenvalue weighted by molar-refractivity contribution is -0.113. The molecular formula is C8H13ClO.